The molecule has 0 aliphatic carbocycles. The molecule has 212 valence electrons. The minimum Gasteiger partial charge on any atom is -0.387 e. The standard InChI is InChI=1S/C27H36F2N6O4/c1-17-19(15-35(32-17)22-14-18(28)7-8-20(22)29)25(27(2,3)4)34(24(38)16-36)12-9-21(30)26(39)31-10-13-33-11-5-6-23(33)37/h5-8,14-15,21,25,36H,9-13,16,30H2,1-4H3,(H,31,39)/t21-,25-/m0/s1. The van der Waals surface area contributed by atoms with Crippen LogP contribution in [0.15, 0.2) is 36.5 Å². The molecule has 0 radical (unpaired) electrons. The molecule has 1 aliphatic heterocycles. The Morgan fingerprint density at radius 3 is 2.62 bits per heavy atom. The zero-order chi connectivity index (χ0) is 28.9. The van der Waals surface area contributed by atoms with Gasteiger partial charge < -0.3 is 26.0 Å². The third kappa shape index (κ3) is 7.27. The summed E-state index contributed by atoms with van der Waals surface area (Å²) < 4.78 is 29.5. The fraction of sp³-hybridized carbons (Fsp3) is 0.481. The number of nitrogens with zero attached hydrogens (tertiary/aromatic N) is 4. The number of aliphatic hydroxyl groups is 1. The van der Waals surface area contributed by atoms with Crippen molar-refractivity contribution in [3.8, 4) is 5.69 Å². The van der Waals surface area contributed by atoms with Crippen molar-refractivity contribution in [2.24, 2.45) is 11.1 Å². The van der Waals surface area contributed by atoms with Crippen molar-refractivity contribution in [2.45, 2.75) is 46.2 Å². The summed E-state index contributed by atoms with van der Waals surface area (Å²) in [5.74, 6) is -2.40. The fourth-order valence-electron chi connectivity index (χ4n) is 4.65. The third-order valence-electron chi connectivity index (χ3n) is 6.57. The highest BCUT2D eigenvalue weighted by Gasteiger charge is 2.37. The summed E-state index contributed by atoms with van der Waals surface area (Å²) in [5, 5.41) is 16.8. The monoisotopic (exact) mass is 546 g/mol. The van der Waals surface area contributed by atoms with Crippen LogP contribution in [0.3, 0.4) is 0 Å². The van der Waals surface area contributed by atoms with E-state index < -0.39 is 47.6 Å². The van der Waals surface area contributed by atoms with E-state index in [9.17, 15) is 28.3 Å². The van der Waals surface area contributed by atoms with E-state index in [0.29, 0.717) is 24.3 Å². The van der Waals surface area contributed by atoms with Crippen LogP contribution < -0.4 is 11.1 Å². The lowest BCUT2D eigenvalue weighted by Gasteiger charge is -2.40. The quantitative estimate of drug-likeness (QED) is 0.392. The second-order valence-electron chi connectivity index (χ2n) is 10.6. The number of nitrogens with two attached hydrogens (primary N) is 1. The van der Waals surface area contributed by atoms with Gasteiger partial charge in [0.2, 0.25) is 17.7 Å². The zero-order valence-electron chi connectivity index (χ0n) is 22.7. The topological polar surface area (TPSA) is 134 Å². The fourth-order valence-corrected chi connectivity index (χ4v) is 4.65. The second-order valence-corrected chi connectivity index (χ2v) is 10.6. The smallest absolute Gasteiger partial charge is 0.248 e. The van der Waals surface area contributed by atoms with E-state index >= 15 is 0 Å². The predicted molar refractivity (Wildman–Crippen MR) is 141 cm³/mol. The molecule has 0 unspecified atom stereocenters. The number of aryl methyl sites for hydroxylation is 1. The molecule has 0 bridgehead atoms. The van der Waals surface area contributed by atoms with Gasteiger partial charge in [0.25, 0.3) is 0 Å². The maximum absolute atomic E-state index is 14.5. The molecule has 2 atom stereocenters. The van der Waals surface area contributed by atoms with Gasteiger partial charge in [-0.25, -0.2) is 13.5 Å². The van der Waals surface area contributed by atoms with E-state index in [4.69, 9.17) is 5.73 Å². The minimum absolute atomic E-state index is 0.0450. The maximum atomic E-state index is 14.5. The molecule has 2 heterocycles. The Kier molecular flexibility index (Phi) is 9.57. The Labute approximate surface area is 226 Å². The summed E-state index contributed by atoms with van der Waals surface area (Å²) in [5.41, 5.74) is 6.53. The number of aromatic nitrogens is 2. The lowest BCUT2D eigenvalue weighted by Crippen LogP contribution is -2.48. The van der Waals surface area contributed by atoms with Gasteiger partial charge in [0.15, 0.2) is 0 Å². The van der Waals surface area contributed by atoms with Gasteiger partial charge in [0.1, 0.15) is 23.9 Å². The molecule has 2 aromatic rings. The Bertz CT molecular complexity index is 1240. The number of aliphatic hydroxyl groups excluding tert-OH is 1. The van der Waals surface area contributed by atoms with E-state index in [1.165, 1.54) is 15.7 Å². The van der Waals surface area contributed by atoms with Crippen LogP contribution in [0.25, 0.3) is 5.69 Å². The second kappa shape index (κ2) is 12.5. The van der Waals surface area contributed by atoms with Crippen LogP contribution in [-0.4, -0.2) is 81.2 Å². The van der Waals surface area contributed by atoms with Crippen molar-refractivity contribution < 1.29 is 28.3 Å². The molecule has 39 heavy (non-hydrogen) atoms. The molecule has 3 rings (SSSR count). The number of halogens is 2. The van der Waals surface area contributed by atoms with Gasteiger partial charge in [-0.05, 0) is 30.9 Å². The molecule has 10 nitrogen and oxygen atoms in total. The van der Waals surface area contributed by atoms with Crippen LogP contribution in [0.2, 0.25) is 0 Å². The Morgan fingerprint density at radius 2 is 2.00 bits per heavy atom. The molecule has 1 aromatic heterocycles. The highest BCUT2D eigenvalue weighted by atomic mass is 19.1. The summed E-state index contributed by atoms with van der Waals surface area (Å²) in [4.78, 5) is 40.2. The summed E-state index contributed by atoms with van der Waals surface area (Å²) >= 11 is 0. The van der Waals surface area contributed by atoms with Gasteiger partial charge in [-0.1, -0.05) is 26.8 Å². The maximum Gasteiger partial charge on any atom is 0.248 e. The molecule has 0 spiro atoms. The Hall–Kier alpha value is -3.64. The van der Waals surface area contributed by atoms with Crippen LogP contribution in [0.5, 0.6) is 0 Å². The Balaban J connectivity index is 1.78. The van der Waals surface area contributed by atoms with Crippen molar-refractivity contribution >= 4 is 17.7 Å². The van der Waals surface area contributed by atoms with E-state index in [2.05, 4.69) is 10.4 Å². The first kappa shape index (κ1) is 29.9. The van der Waals surface area contributed by atoms with Gasteiger partial charge in [0.05, 0.1) is 17.8 Å². The van der Waals surface area contributed by atoms with Crippen LogP contribution in [-0.2, 0) is 14.4 Å². The largest absolute Gasteiger partial charge is 0.387 e. The summed E-state index contributed by atoms with van der Waals surface area (Å²) in [6, 6.07) is 1.47. The highest BCUT2D eigenvalue weighted by molar-refractivity contribution is 5.90. The van der Waals surface area contributed by atoms with Gasteiger partial charge in [-0.2, -0.15) is 5.10 Å². The lowest BCUT2D eigenvalue weighted by molar-refractivity contribution is -0.140. The van der Waals surface area contributed by atoms with Crippen LogP contribution in [0, 0.1) is 24.0 Å². The molecule has 1 aliphatic rings. The van der Waals surface area contributed by atoms with Crippen molar-refractivity contribution in [2.75, 3.05) is 32.8 Å². The van der Waals surface area contributed by atoms with Gasteiger partial charge >= 0.3 is 0 Å². The molecule has 0 fully saturated rings. The number of amides is 3. The average molecular weight is 547 g/mol. The molecule has 12 heteroatoms. The lowest BCUT2D eigenvalue weighted by atomic mass is 9.81. The molecule has 0 saturated carbocycles. The zero-order valence-corrected chi connectivity index (χ0v) is 22.7. The molecular formula is C27H36F2N6O4. The first-order valence-corrected chi connectivity index (χ1v) is 12.7. The highest BCUT2D eigenvalue weighted by Crippen LogP contribution is 2.40. The van der Waals surface area contributed by atoms with Gasteiger partial charge in [-0.15, -0.1) is 0 Å². The predicted octanol–water partition coefficient (Wildman–Crippen LogP) is 1.60. The van der Waals surface area contributed by atoms with Crippen LogP contribution in [0.1, 0.15) is 44.5 Å². The third-order valence-corrected chi connectivity index (χ3v) is 6.57. The summed E-state index contributed by atoms with van der Waals surface area (Å²) in [7, 11) is 0. The summed E-state index contributed by atoms with van der Waals surface area (Å²) in [6.45, 7) is 7.75. The van der Waals surface area contributed by atoms with Crippen molar-refractivity contribution in [3.05, 3.63) is 59.4 Å². The molecule has 0 saturated heterocycles. The summed E-state index contributed by atoms with van der Waals surface area (Å²) in [6.07, 6.45) is 4.86. The first-order valence-electron chi connectivity index (χ1n) is 12.7. The van der Waals surface area contributed by atoms with Gasteiger partial charge in [0, 0.05) is 50.1 Å². The van der Waals surface area contributed by atoms with E-state index in [0.717, 1.165) is 18.2 Å². The molecular weight excluding hydrogens is 510 g/mol. The van der Waals surface area contributed by atoms with E-state index in [1.807, 2.05) is 20.8 Å². The van der Waals surface area contributed by atoms with Crippen molar-refractivity contribution in [3.63, 3.8) is 0 Å². The Morgan fingerprint density at radius 1 is 1.28 bits per heavy atom. The minimum atomic E-state index is -0.947. The number of benzene rings is 1. The number of hydrogen-bond acceptors (Lipinski definition) is 6. The number of hydrogen-bond donors (Lipinski definition) is 3. The van der Waals surface area contributed by atoms with Gasteiger partial charge in [-0.3, -0.25) is 14.4 Å². The number of nitrogens with one attached hydrogen (secondary N) is 1. The first-order chi connectivity index (χ1) is 18.3. The number of carbonyl (C=O) groups is 3. The van der Waals surface area contributed by atoms with E-state index in [1.54, 1.807) is 24.1 Å². The number of rotatable bonds is 11. The molecule has 3 amide bonds. The van der Waals surface area contributed by atoms with Crippen molar-refractivity contribution in [1.29, 1.82) is 0 Å². The molecule has 1 aromatic carbocycles. The number of carbonyl (C=O) groups excluding carboxylic acids is 3. The van der Waals surface area contributed by atoms with Crippen molar-refractivity contribution in [1.82, 2.24) is 24.9 Å². The molecule has 4 N–H and O–H groups in total. The average Bonchev–Trinajstić information content (AvgIpc) is 3.46. The van der Waals surface area contributed by atoms with E-state index in [-0.39, 0.29) is 31.1 Å². The SMILES string of the molecule is Cc1nn(-c2cc(F)ccc2F)cc1[C@H](N(CC[C@H](N)C(=O)NCCN1CC=CC1=O)C(=O)CO)C(C)(C)C. The van der Waals surface area contributed by atoms with Crippen LogP contribution in [0.4, 0.5) is 8.78 Å². The van der Waals surface area contributed by atoms with Crippen LogP contribution >= 0.6 is 0 Å². The normalized spacial score (nSPS) is 15.0.